The number of aliphatic hydroxyl groups excluding tert-OH is 2. The predicted octanol–water partition coefficient (Wildman–Crippen LogP) is -2.60. The van der Waals surface area contributed by atoms with Gasteiger partial charge in [-0.2, -0.15) is 0 Å². The summed E-state index contributed by atoms with van der Waals surface area (Å²) < 4.78 is 0. The number of amides is 3. The van der Waals surface area contributed by atoms with E-state index in [1.54, 1.807) is 0 Å². The number of unbranched alkanes of at least 4 members (excludes halogenated alkanes) is 1. The molecule has 0 radical (unpaired) electrons. The van der Waals surface area contributed by atoms with Crippen molar-refractivity contribution >= 4 is 23.7 Å². The molecule has 0 rings (SSSR count). The zero-order chi connectivity index (χ0) is 24.1. The summed E-state index contributed by atoms with van der Waals surface area (Å²) in [6, 6.07) is -4.96. The quantitative estimate of drug-likeness (QED) is 0.123. The third-order valence-corrected chi connectivity index (χ3v) is 5.00. The van der Waals surface area contributed by atoms with Gasteiger partial charge in [-0.05, 0) is 38.6 Å². The molecule has 0 spiro atoms. The summed E-state index contributed by atoms with van der Waals surface area (Å²) in [7, 11) is 0. The highest BCUT2D eigenvalue weighted by atomic mass is 16.4. The number of aliphatic hydroxyl groups is 2. The molecule has 0 bridgehead atoms. The molecule has 0 saturated heterocycles. The van der Waals surface area contributed by atoms with Crippen LogP contribution in [0.2, 0.25) is 0 Å². The molecule has 0 saturated carbocycles. The number of carboxylic acids is 1. The number of nitrogens with two attached hydrogens (primary N) is 2. The minimum atomic E-state index is -1.60. The van der Waals surface area contributed by atoms with Crippen LogP contribution in [0.15, 0.2) is 0 Å². The summed E-state index contributed by atoms with van der Waals surface area (Å²) in [5.41, 5.74) is 11.4. The summed E-state index contributed by atoms with van der Waals surface area (Å²) in [5, 5.41) is 34.9. The fraction of sp³-hybridized carbons (Fsp3) is 0.789. The van der Waals surface area contributed by atoms with Crippen LogP contribution in [0.3, 0.4) is 0 Å². The van der Waals surface area contributed by atoms with Crippen molar-refractivity contribution in [1.82, 2.24) is 16.0 Å². The van der Waals surface area contributed by atoms with E-state index in [2.05, 4.69) is 10.6 Å². The first kappa shape index (κ1) is 28.7. The van der Waals surface area contributed by atoms with Crippen molar-refractivity contribution in [2.45, 2.75) is 76.7 Å². The molecule has 12 heteroatoms. The highest BCUT2D eigenvalue weighted by Crippen LogP contribution is 2.08. The maximum absolute atomic E-state index is 12.8. The Hall–Kier alpha value is -2.28. The van der Waals surface area contributed by atoms with Gasteiger partial charge in [0.2, 0.25) is 17.7 Å². The van der Waals surface area contributed by atoms with Crippen LogP contribution in [0.1, 0.15) is 46.5 Å². The average Bonchev–Trinajstić information content (AvgIpc) is 2.72. The third kappa shape index (κ3) is 10.0. The molecule has 0 aromatic carbocycles. The summed E-state index contributed by atoms with van der Waals surface area (Å²) >= 11 is 0. The SMILES string of the molecule is CCC(C)C(N)C(=O)NC(CCCCN)C(=O)NC(C(=O)NC(CO)C(=O)O)C(C)O. The van der Waals surface area contributed by atoms with Crippen molar-refractivity contribution < 1.29 is 34.5 Å². The molecule has 6 atom stereocenters. The van der Waals surface area contributed by atoms with Crippen LogP contribution in [0, 0.1) is 5.92 Å². The van der Waals surface area contributed by atoms with E-state index < -0.39 is 60.6 Å². The van der Waals surface area contributed by atoms with Crippen LogP contribution < -0.4 is 27.4 Å². The van der Waals surface area contributed by atoms with E-state index in [-0.39, 0.29) is 12.3 Å². The fourth-order valence-corrected chi connectivity index (χ4v) is 2.65. The molecule has 0 aromatic heterocycles. The van der Waals surface area contributed by atoms with Crippen LogP contribution in [-0.4, -0.2) is 82.4 Å². The molecule has 12 nitrogen and oxygen atoms in total. The van der Waals surface area contributed by atoms with Gasteiger partial charge in [0.05, 0.1) is 18.8 Å². The zero-order valence-electron chi connectivity index (χ0n) is 18.3. The number of rotatable bonds is 15. The summed E-state index contributed by atoms with van der Waals surface area (Å²) in [6.45, 7) is 4.45. The van der Waals surface area contributed by atoms with Crippen LogP contribution in [0.25, 0.3) is 0 Å². The third-order valence-electron chi connectivity index (χ3n) is 5.00. The number of nitrogens with one attached hydrogen (secondary N) is 3. The number of carbonyl (C=O) groups excluding carboxylic acids is 3. The minimum absolute atomic E-state index is 0.116. The maximum atomic E-state index is 12.8. The smallest absolute Gasteiger partial charge is 0.328 e. The zero-order valence-corrected chi connectivity index (χ0v) is 18.3. The molecule has 10 N–H and O–H groups in total. The van der Waals surface area contributed by atoms with E-state index in [9.17, 15) is 24.3 Å². The number of aliphatic carboxylic acids is 1. The Morgan fingerprint density at radius 3 is 1.97 bits per heavy atom. The van der Waals surface area contributed by atoms with Gasteiger partial charge in [-0.3, -0.25) is 14.4 Å². The molecule has 180 valence electrons. The highest BCUT2D eigenvalue weighted by Gasteiger charge is 2.32. The molecule has 0 fully saturated rings. The van der Waals surface area contributed by atoms with Crippen molar-refractivity contribution in [2.24, 2.45) is 17.4 Å². The van der Waals surface area contributed by atoms with Gasteiger partial charge in [0.25, 0.3) is 0 Å². The molecule has 0 aromatic rings. The van der Waals surface area contributed by atoms with Crippen LogP contribution >= 0.6 is 0 Å². The molecule has 6 unspecified atom stereocenters. The monoisotopic (exact) mass is 447 g/mol. The van der Waals surface area contributed by atoms with E-state index in [4.69, 9.17) is 21.7 Å². The van der Waals surface area contributed by atoms with Crippen molar-refractivity contribution in [3.05, 3.63) is 0 Å². The molecule has 0 heterocycles. The Balaban J connectivity index is 5.37. The molecular weight excluding hydrogens is 410 g/mol. The van der Waals surface area contributed by atoms with Crippen LogP contribution in [0.5, 0.6) is 0 Å². The molecule has 3 amide bonds. The summed E-state index contributed by atoms with van der Waals surface area (Å²) in [4.78, 5) is 48.6. The van der Waals surface area contributed by atoms with E-state index in [0.717, 1.165) is 0 Å². The number of hydrogen-bond donors (Lipinski definition) is 8. The highest BCUT2D eigenvalue weighted by molar-refractivity contribution is 5.94. The Morgan fingerprint density at radius 1 is 0.935 bits per heavy atom. The van der Waals surface area contributed by atoms with Crippen molar-refractivity contribution in [3.63, 3.8) is 0 Å². The Kier molecular flexibility index (Phi) is 13.6. The van der Waals surface area contributed by atoms with Crippen molar-refractivity contribution in [3.8, 4) is 0 Å². The molecule has 31 heavy (non-hydrogen) atoms. The van der Waals surface area contributed by atoms with Crippen LogP contribution in [-0.2, 0) is 19.2 Å². The normalized spacial score (nSPS) is 16.9. The average molecular weight is 448 g/mol. The molecule has 0 aliphatic rings. The lowest BCUT2D eigenvalue weighted by atomic mass is 9.98. The second-order valence-electron chi connectivity index (χ2n) is 7.57. The van der Waals surface area contributed by atoms with Gasteiger partial charge in [-0.1, -0.05) is 20.3 Å². The van der Waals surface area contributed by atoms with Gasteiger partial charge >= 0.3 is 5.97 Å². The van der Waals surface area contributed by atoms with E-state index in [1.807, 2.05) is 19.2 Å². The van der Waals surface area contributed by atoms with Gasteiger partial charge in [0.1, 0.15) is 18.1 Å². The number of hydrogen-bond acceptors (Lipinski definition) is 8. The van der Waals surface area contributed by atoms with Crippen molar-refractivity contribution in [2.75, 3.05) is 13.2 Å². The number of carboxylic acid groups (broad SMARTS) is 1. The largest absolute Gasteiger partial charge is 0.480 e. The van der Waals surface area contributed by atoms with Gasteiger partial charge < -0.3 is 42.7 Å². The Bertz CT molecular complexity index is 602. The second-order valence-corrected chi connectivity index (χ2v) is 7.57. The van der Waals surface area contributed by atoms with Crippen molar-refractivity contribution in [1.29, 1.82) is 0 Å². The first-order chi connectivity index (χ1) is 14.5. The van der Waals surface area contributed by atoms with E-state index in [1.165, 1.54) is 6.92 Å². The lowest BCUT2D eigenvalue weighted by Gasteiger charge is -2.27. The topological polar surface area (TPSA) is 217 Å². The van der Waals surface area contributed by atoms with Crippen LogP contribution in [0.4, 0.5) is 0 Å². The minimum Gasteiger partial charge on any atom is -0.480 e. The maximum Gasteiger partial charge on any atom is 0.328 e. The molecular formula is C19H37N5O7. The van der Waals surface area contributed by atoms with E-state index >= 15 is 0 Å². The Morgan fingerprint density at radius 2 is 1.52 bits per heavy atom. The van der Waals surface area contributed by atoms with Gasteiger partial charge in [-0.15, -0.1) is 0 Å². The molecule has 0 aliphatic heterocycles. The first-order valence-electron chi connectivity index (χ1n) is 10.4. The predicted molar refractivity (Wildman–Crippen MR) is 113 cm³/mol. The fourth-order valence-electron chi connectivity index (χ4n) is 2.65. The standard InChI is InChI=1S/C19H37N5O7/c1-4-10(2)14(21)17(28)22-12(7-5-6-8-20)16(27)24-15(11(3)26)18(29)23-13(9-25)19(30)31/h10-15,25-26H,4-9,20-21H2,1-3H3,(H,22,28)(H,23,29)(H,24,27)(H,30,31). The molecule has 0 aliphatic carbocycles. The lowest BCUT2D eigenvalue weighted by molar-refractivity contribution is -0.144. The second kappa shape index (κ2) is 14.7. The summed E-state index contributed by atoms with van der Waals surface area (Å²) in [6.07, 6.45) is 0.641. The number of carbonyl (C=O) groups is 4. The van der Waals surface area contributed by atoms with Gasteiger partial charge in [0.15, 0.2) is 0 Å². The Labute approximate surface area is 182 Å². The lowest BCUT2D eigenvalue weighted by Crippen LogP contribution is -2.60. The van der Waals surface area contributed by atoms with Gasteiger partial charge in [-0.25, -0.2) is 4.79 Å². The van der Waals surface area contributed by atoms with Gasteiger partial charge in [0, 0.05) is 0 Å². The summed E-state index contributed by atoms with van der Waals surface area (Å²) in [5.74, 6) is -3.84. The first-order valence-corrected chi connectivity index (χ1v) is 10.4. The van der Waals surface area contributed by atoms with E-state index in [0.29, 0.717) is 25.8 Å².